The molecule has 0 spiro atoms. The first-order valence-corrected chi connectivity index (χ1v) is 9.03. The molecule has 1 aliphatic heterocycles. The Morgan fingerprint density at radius 1 is 1.04 bits per heavy atom. The van der Waals surface area contributed by atoms with E-state index >= 15 is 0 Å². The predicted molar refractivity (Wildman–Crippen MR) is 100 cm³/mol. The second-order valence-electron chi connectivity index (χ2n) is 6.70. The van der Waals surface area contributed by atoms with Gasteiger partial charge < -0.3 is 24.6 Å². The highest BCUT2D eigenvalue weighted by atomic mass is 16.5. The maximum absolute atomic E-state index is 10.5. The zero-order valence-electron chi connectivity index (χ0n) is 15.2. The Bertz CT molecular complexity index is 684. The highest BCUT2D eigenvalue weighted by Crippen LogP contribution is 2.29. The van der Waals surface area contributed by atoms with Crippen LogP contribution in [0.2, 0.25) is 0 Å². The van der Waals surface area contributed by atoms with Crippen LogP contribution >= 0.6 is 0 Å². The van der Waals surface area contributed by atoms with Crippen LogP contribution in [0, 0.1) is 0 Å². The lowest BCUT2D eigenvalue weighted by Gasteiger charge is -2.32. The van der Waals surface area contributed by atoms with Crippen LogP contribution in [0.3, 0.4) is 0 Å². The molecule has 2 aromatic carbocycles. The van der Waals surface area contributed by atoms with E-state index in [0.717, 1.165) is 16.9 Å². The first-order valence-electron chi connectivity index (χ1n) is 9.03. The van der Waals surface area contributed by atoms with Crippen molar-refractivity contribution in [2.45, 2.75) is 31.6 Å². The van der Waals surface area contributed by atoms with E-state index in [4.69, 9.17) is 14.2 Å². The van der Waals surface area contributed by atoms with Crippen LogP contribution in [0.1, 0.15) is 24.0 Å². The van der Waals surface area contributed by atoms with Crippen LogP contribution in [0.5, 0.6) is 11.5 Å². The van der Waals surface area contributed by atoms with E-state index in [1.807, 2.05) is 48.5 Å². The summed E-state index contributed by atoms with van der Waals surface area (Å²) < 4.78 is 16.7. The van der Waals surface area contributed by atoms with Gasteiger partial charge in [-0.25, -0.2) is 0 Å². The third-order valence-electron chi connectivity index (χ3n) is 4.67. The fourth-order valence-electron chi connectivity index (χ4n) is 3.05. The lowest BCUT2D eigenvalue weighted by Crippen LogP contribution is -2.44. The van der Waals surface area contributed by atoms with Gasteiger partial charge in [-0.15, -0.1) is 0 Å². The Labute approximate surface area is 154 Å². The normalized spacial score (nSPS) is 16.2. The molecule has 2 aromatic rings. The van der Waals surface area contributed by atoms with E-state index < -0.39 is 5.60 Å². The van der Waals surface area contributed by atoms with Crippen molar-refractivity contribution in [1.29, 1.82) is 0 Å². The van der Waals surface area contributed by atoms with Crippen molar-refractivity contribution in [2.75, 3.05) is 26.9 Å². The summed E-state index contributed by atoms with van der Waals surface area (Å²) >= 11 is 0. The SMILES string of the molecule is COc1ccc(CNCC2(O)CCOCC2)cc1OCc1ccccc1. The molecule has 1 saturated heterocycles. The Balaban J connectivity index is 1.57. The van der Waals surface area contributed by atoms with Gasteiger partial charge in [0.1, 0.15) is 6.61 Å². The number of aliphatic hydroxyl groups is 1. The molecule has 0 aliphatic carbocycles. The van der Waals surface area contributed by atoms with Crippen molar-refractivity contribution >= 4 is 0 Å². The number of methoxy groups -OCH3 is 1. The van der Waals surface area contributed by atoms with E-state index in [-0.39, 0.29) is 0 Å². The molecule has 2 N–H and O–H groups in total. The van der Waals surface area contributed by atoms with Crippen LogP contribution in [-0.4, -0.2) is 37.6 Å². The zero-order chi connectivity index (χ0) is 18.2. The minimum absolute atomic E-state index is 0.494. The van der Waals surface area contributed by atoms with Gasteiger partial charge in [-0.05, 0) is 23.3 Å². The molecule has 3 rings (SSSR count). The lowest BCUT2D eigenvalue weighted by atomic mass is 9.94. The van der Waals surface area contributed by atoms with E-state index in [2.05, 4.69) is 5.32 Å². The van der Waals surface area contributed by atoms with Crippen molar-refractivity contribution in [3.05, 3.63) is 59.7 Å². The van der Waals surface area contributed by atoms with E-state index in [1.165, 1.54) is 0 Å². The first-order chi connectivity index (χ1) is 12.7. The quantitative estimate of drug-likeness (QED) is 0.761. The fraction of sp³-hybridized carbons (Fsp3) is 0.429. The molecule has 0 atom stereocenters. The smallest absolute Gasteiger partial charge is 0.161 e. The first kappa shape index (κ1) is 18.7. The van der Waals surface area contributed by atoms with Gasteiger partial charge in [-0.1, -0.05) is 36.4 Å². The van der Waals surface area contributed by atoms with Crippen LogP contribution < -0.4 is 14.8 Å². The molecule has 0 unspecified atom stereocenters. The Morgan fingerprint density at radius 3 is 2.54 bits per heavy atom. The average Bonchev–Trinajstić information content (AvgIpc) is 2.68. The van der Waals surface area contributed by atoms with E-state index in [1.54, 1.807) is 7.11 Å². The summed E-state index contributed by atoms with van der Waals surface area (Å²) in [5.41, 5.74) is 1.53. The van der Waals surface area contributed by atoms with Crippen molar-refractivity contribution in [2.24, 2.45) is 0 Å². The summed E-state index contributed by atoms with van der Waals surface area (Å²) in [5.74, 6) is 1.44. The molecule has 5 heteroatoms. The second kappa shape index (κ2) is 9.03. The molecule has 0 amide bonds. The molecule has 0 bridgehead atoms. The molecule has 0 radical (unpaired) electrons. The monoisotopic (exact) mass is 357 g/mol. The molecular formula is C21H27NO4. The highest BCUT2D eigenvalue weighted by molar-refractivity contribution is 5.43. The maximum atomic E-state index is 10.5. The summed E-state index contributed by atoms with van der Waals surface area (Å²) in [5, 5.41) is 13.9. The van der Waals surface area contributed by atoms with Gasteiger partial charge in [0.15, 0.2) is 11.5 Å². The van der Waals surface area contributed by atoms with Crippen molar-refractivity contribution in [1.82, 2.24) is 5.32 Å². The van der Waals surface area contributed by atoms with Gasteiger partial charge >= 0.3 is 0 Å². The Morgan fingerprint density at radius 2 is 1.81 bits per heavy atom. The van der Waals surface area contributed by atoms with Gasteiger partial charge in [0.05, 0.1) is 12.7 Å². The predicted octanol–water partition coefficient (Wildman–Crippen LogP) is 2.91. The fourth-order valence-corrected chi connectivity index (χ4v) is 3.05. The number of hydrogen-bond acceptors (Lipinski definition) is 5. The topological polar surface area (TPSA) is 60.0 Å². The van der Waals surface area contributed by atoms with Crippen LogP contribution in [-0.2, 0) is 17.9 Å². The number of benzene rings is 2. The third-order valence-corrected chi connectivity index (χ3v) is 4.67. The number of ether oxygens (including phenoxy) is 3. The summed E-state index contributed by atoms with van der Waals surface area (Å²) in [6.07, 6.45) is 1.35. The van der Waals surface area contributed by atoms with Crippen LogP contribution in [0.4, 0.5) is 0 Å². The number of hydrogen-bond donors (Lipinski definition) is 2. The third kappa shape index (κ3) is 5.21. The van der Waals surface area contributed by atoms with Crippen LogP contribution in [0.25, 0.3) is 0 Å². The number of nitrogens with one attached hydrogen (secondary N) is 1. The van der Waals surface area contributed by atoms with Gasteiger partial charge in [0.2, 0.25) is 0 Å². The standard InChI is InChI=1S/C21H27NO4/c1-24-19-8-7-18(14-22-16-21(23)9-11-25-12-10-21)13-20(19)26-15-17-5-3-2-4-6-17/h2-8,13,22-23H,9-12,14-16H2,1H3. The lowest BCUT2D eigenvalue weighted by molar-refractivity contribution is -0.0617. The Kier molecular flexibility index (Phi) is 6.50. The van der Waals surface area contributed by atoms with Gasteiger partial charge in [-0.3, -0.25) is 0 Å². The summed E-state index contributed by atoms with van der Waals surface area (Å²) in [7, 11) is 1.64. The minimum Gasteiger partial charge on any atom is -0.493 e. The molecule has 1 fully saturated rings. The second-order valence-corrected chi connectivity index (χ2v) is 6.70. The molecule has 140 valence electrons. The minimum atomic E-state index is -0.669. The molecule has 0 aromatic heterocycles. The zero-order valence-corrected chi connectivity index (χ0v) is 15.2. The van der Waals surface area contributed by atoms with Gasteiger partial charge in [0.25, 0.3) is 0 Å². The van der Waals surface area contributed by atoms with Crippen LogP contribution in [0.15, 0.2) is 48.5 Å². The van der Waals surface area contributed by atoms with E-state index in [9.17, 15) is 5.11 Å². The molecule has 5 nitrogen and oxygen atoms in total. The van der Waals surface area contributed by atoms with Gasteiger partial charge in [0, 0.05) is 39.1 Å². The Hall–Kier alpha value is -2.08. The highest BCUT2D eigenvalue weighted by Gasteiger charge is 2.29. The molecule has 1 aliphatic rings. The number of rotatable bonds is 8. The average molecular weight is 357 g/mol. The summed E-state index contributed by atoms with van der Waals surface area (Å²) in [6.45, 7) is 2.96. The van der Waals surface area contributed by atoms with Crippen molar-refractivity contribution in [3.8, 4) is 11.5 Å². The summed E-state index contributed by atoms with van der Waals surface area (Å²) in [4.78, 5) is 0. The largest absolute Gasteiger partial charge is 0.493 e. The van der Waals surface area contributed by atoms with Crippen molar-refractivity contribution < 1.29 is 19.3 Å². The molecular weight excluding hydrogens is 330 g/mol. The summed E-state index contributed by atoms with van der Waals surface area (Å²) in [6, 6.07) is 16.0. The molecule has 26 heavy (non-hydrogen) atoms. The molecule has 0 saturated carbocycles. The van der Waals surface area contributed by atoms with E-state index in [0.29, 0.717) is 51.5 Å². The molecule has 1 heterocycles. The maximum Gasteiger partial charge on any atom is 0.161 e. The van der Waals surface area contributed by atoms with Crippen molar-refractivity contribution in [3.63, 3.8) is 0 Å². The van der Waals surface area contributed by atoms with Gasteiger partial charge in [-0.2, -0.15) is 0 Å².